The molecular weight excluding hydrogens is 568 g/mol. The lowest BCUT2D eigenvalue weighted by Gasteiger charge is -2.44. The summed E-state index contributed by atoms with van der Waals surface area (Å²) >= 11 is 6.40. The highest BCUT2D eigenvalue weighted by Gasteiger charge is 2.43. The number of carbonyl (C=O) groups excluding carboxylic acids is 1. The number of carbonyl (C=O) groups is 1. The summed E-state index contributed by atoms with van der Waals surface area (Å²) in [4.78, 5) is 15.6. The van der Waals surface area contributed by atoms with Gasteiger partial charge in [-0.25, -0.2) is 13.1 Å². The van der Waals surface area contributed by atoms with E-state index in [4.69, 9.17) is 16.3 Å². The molecule has 0 bridgehead atoms. The molecule has 2 aliphatic carbocycles. The van der Waals surface area contributed by atoms with Crippen LogP contribution in [0.3, 0.4) is 0 Å². The topological polar surface area (TPSA) is 75.7 Å². The molecule has 1 amide bonds. The average Bonchev–Trinajstić information content (AvgIpc) is 3.10. The number of amides is 1. The van der Waals surface area contributed by atoms with Crippen molar-refractivity contribution in [2.75, 3.05) is 30.3 Å². The molecule has 2 aromatic carbocycles. The minimum absolute atomic E-state index is 0.120. The van der Waals surface area contributed by atoms with Gasteiger partial charge < -0.3 is 9.64 Å². The van der Waals surface area contributed by atoms with E-state index < -0.39 is 15.9 Å². The fourth-order valence-corrected chi connectivity index (χ4v) is 7.96. The predicted molar refractivity (Wildman–Crippen MR) is 171 cm³/mol. The first kappa shape index (κ1) is 30.7. The van der Waals surface area contributed by atoms with E-state index in [1.54, 1.807) is 12.1 Å². The summed E-state index contributed by atoms with van der Waals surface area (Å²) in [6.07, 6.45) is 15.0. The molecule has 1 spiro atoms. The van der Waals surface area contributed by atoms with E-state index in [-0.39, 0.29) is 11.2 Å². The Morgan fingerprint density at radius 2 is 2.07 bits per heavy atom. The van der Waals surface area contributed by atoms with Gasteiger partial charge in [0.2, 0.25) is 10.0 Å². The van der Waals surface area contributed by atoms with Gasteiger partial charge in [-0.1, -0.05) is 49.2 Å². The summed E-state index contributed by atoms with van der Waals surface area (Å²) in [6.45, 7) is 8.00. The molecule has 6 nitrogen and oxygen atoms in total. The first-order valence-corrected chi connectivity index (χ1v) is 17.4. The van der Waals surface area contributed by atoms with Crippen molar-refractivity contribution < 1.29 is 17.9 Å². The molecule has 2 aromatic rings. The van der Waals surface area contributed by atoms with Gasteiger partial charge in [-0.05, 0) is 105 Å². The van der Waals surface area contributed by atoms with Crippen molar-refractivity contribution in [3.8, 4) is 5.75 Å². The van der Waals surface area contributed by atoms with Crippen LogP contribution in [0.2, 0.25) is 5.02 Å². The third kappa shape index (κ3) is 6.89. The molecule has 3 aliphatic rings. The van der Waals surface area contributed by atoms with Crippen LogP contribution in [0.25, 0.3) is 0 Å². The van der Waals surface area contributed by atoms with Gasteiger partial charge in [-0.3, -0.25) is 4.79 Å². The van der Waals surface area contributed by atoms with Crippen LogP contribution in [0.4, 0.5) is 5.69 Å². The highest BCUT2D eigenvalue weighted by molar-refractivity contribution is 7.90. The van der Waals surface area contributed by atoms with E-state index in [2.05, 4.69) is 47.4 Å². The molecular formula is C34H43ClN2O4S. The third-order valence-electron chi connectivity index (χ3n) is 9.14. The standard InChI is InChI=1S/C34H43ClN2O4S/c1-3-5-7-10-25-12-13-28(25)22-37-23-34(18-9-11-26-20-29(35)15-16-30(26)34)24-41-32-17-14-27(21-31(32)37)33(38)36-42(39,40)19-8-6-4-2/h4,7,10,14-17,20-21,25,28H,2-3,5-6,8-9,11-13,18-19,22-24H2,1H3,(H,36,38)/b10-7+/t25-,28+,34-/m0/s1. The summed E-state index contributed by atoms with van der Waals surface area (Å²) in [5, 5.41) is 0.756. The van der Waals surface area contributed by atoms with Crippen LogP contribution in [-0.4, -0.2) is 39.8 Å². The third-order valence-corrected chi connectivity index (χ3v) is 10.7. The Bertz CT molecular complexity index is 1440. The maximum Gasteiger partial charge on any atom is 0.264 e. The molecule has 1 saturated carbocycles. The van der Waals surface area contributed by atoms with E-state index in [9.17, 15) is 13.2 Å². The van der Waals surface area contributed by atoms with Gasteiger partial charge in [-0.15, -0.1) is 6.58 Å². The number of fused-ring (bicyclic) bond motifs is 3. The number of rotatable bonds is 11. The van der Waals surface area contributed by atoms with Gasteiger partial charge >= 0.3 is 0 Å². The van der Waals surface area contributed by atoms with Gasteiger partial charge in [-0.2, -0.15) is 0 Å². The molecule has 0 unspecified atom stereocenters. The number of nitrogens with one attached hydrogen (secondary N) is 1. The first-order chi connectivity index (χ1) is 20.2. The molecule has 226 valence electrons. The van der Waals surface area contributed by atoms with Gasteiger partial charge in [0.15, 0.2) is 0 Å². The maximum absolute atomic E-state index is 13.2. The van der Waals surface area contributed by atoms with Crippen molar-refractivity contribution in [1.29, 1.82) is 0 Å². The second-order valence-electron chi connectivity index (χ2n) is 12.2. The summed E-state index contributed by atoms with van der Waals surface area (Å²) in [5.41, 5.74) is 3.55. The Kier molecular flexibility index (Phi) is 9.68. The van der Waals surface area contributed by atoms with Crippen LogP contribution in [-0.2, 0) is 21.9 Å². The summed E-state index contributed by atoms with van der Waals surface area (Å²) in [6, 6.07) is 11.6. The van der Waals surface area contributed by atoms with Crippen LogP contribution in [0.1, 0.15) is 79.8 Å². The Labute approximate surface area is 256 Å². The molecule has 1 fully saturated rings. The zero-order valence-electron chi connectivity index (χ0n) is 24.6. The monoisotopic (exact) mass is 610 g/mol. The molecule has 0 saturated heterocycles. The molecule has 42 heavy (non-hydrogen) atoms. The number of hydrogen-bond donors (Lipinski definition) is 1. The van der Waals surface area contributed by atoms with Crippen LogP contribution in [0.5, 0.6) is 5.75 Å². The van der Waals surface area contributed by atoms with Gasteiger partial charge in [0.05, 0.1) is 18.0 Å². The highest BCUT2D eigenvalue weighted by atomic mass is 35.5. The molecule has 3 atom stereocenters. The molecule has 8 heteroatoms. The Morgan fingerprint density at radius 3 is 2.83 bits per heavy atom. The summed E-state index contributed by atoms with van der Waals surface area (Å²) in [5.74, 6) is 1.06. The number of sulfonamides is 1. The normalized spacial score (nSPS) is 23.4. The number of halogens is 1. The lowest BCUT2D eigenvalue weighted by molar-refractivity contribution is 0.0981. The second-order valence-corrected chi connectivity index (χ2v) is 14.5. The van der Waals surface area contributed by atoms with E-state index in [1.165, 1.54) is 17.5 Å². The van der Waals surface area contributed by atoms with Gasteiger partial charge in [0, 0.05) is 29.1 Å². The molecule has 1 N–H and O–H groups in total. The van der Waals surface area contributed by atoms with E-state index in [0.717, 1.165) is 68.1 Å². The number of nitrogens with zero attached hydrogens (tertiary/aromatic N) is 1. The van der Waals surface area contributed by atoms with Crippen LogP contribution < -0.4 is 14.4 Å². The molecule has 0 radical (unpaired) electrons. The maximum atomic E-state index is 13.2. The quantitative estimate of drug-likeness (QED) is 0.215. The van der Waals surface area contributed by atoms with E-state index >= 15 is 0 Å². The zero-order chi connectivity index (χ0) is 29.7. The van der Waals surface area contributed by atoms with Crippen molar-refractivity contribution >= 4 is 33.2 Å². The Balaban J connectivity index is 1.46. The Hall–Kier alpha value is -2.77. The fraction of sp³-hybridized carbons (Fsp3) is 0.500. The molecule has 1 heterocycles. The average molecular weight is 611 g/mol. The molecule has 0 aromatic heterocycles. The van der Waals surface area contributed by atoms with Gasteiger partial charge in [0.1, 0.15) is 5.75 Å². The minimum atomic E-state index is -3.75. The number of benzene rings is 2. The summed E-state index contributed by atoms with van der Waals surface area (Å²) in [7, 11) is -3.75. The molecule has 5 rings (SSSR count). The number of anilines is 1. The zero-order valence-corrected chi connectivity index (χ0v) is 26.2. The summed E-state index contributed by atoms with van der Waals surface area (Å²) < 4.78 is 33.9. The number of ether oxygens (including phenoxy) is 1. The number of allylic oxidation sites excluding steroid dienone is 3. The number of unbranched alkanes of at least 4 members (excludes halogenated alkanes) is 2. The van der Waals surface area contributed by atoms with Crippen LogP contribution >= 0.6 is 11.6 Å². The predicted octanol–water partition coefficient (Wildman–Crippen LogP) is 7.22. The van der Waals surface area contributed by atoms with Gasteiger partial charge in [0.25, 0.3) is 5.91 Å². The van der Waals surface area contributed by atoms with Crippen molar-refractivity contribution in [3.63, 3.8) is 0 Å². The Morgan fingerprint density at radius 1 is 1.21 bits per heavy atom. The highest BCUT2D eigenvalue weighted by Crippen LogP contribution is 2.46. The first-order valence-electron chi connectivity index (χ1n) is 15.4. The second kappa shape index (κ2) is 13.3. The molecule has 1 aliphatic heterocycles. The van der Waals surface area contributed by atoms with Crippen molar-refractivity contribution in [2.24, 2.45) is 11.8 Å². The lowest BCUT2D eigenvalue weighted by atomic mass is 9.69. The van der Waals surface area contributed by atoms with Crippen molar-refractivity contribution in [2.45, 2.75) is 70.1 Å². The number of aryl methyl sites for hydroxylation is 1. The van der Waals surface area contributed by atoms with Crippen molar-refractivity contribution in [1.82, 2.24) is 4.72 Å². The van der Waals surface area contributed by atoms with E-state index in [1.807, 2.05) is 18.2 Å². The van der Waals surface area contributed by atoms with Crippen molar-refractivity contribution in [3.05, 3.63) is 82.9 Å². The minimum Gasteiger partial charge on any atom is -0.490 e. The van der Waals surface area contributed by atoms with Crippen LogP contribution in [0, 0.1) is 11.8 Å². The lowest BCUT2D eigenvalue weighted by Crippen LogP contribution is -2.48. The SMILES string of the molecule is C=CCCCS(=O)(=O)NC(=O)c1ccc2c(c1)N(C[C@H]1CC[C@@H]1/C=C/CCC)C[C@@]1(CCCc3cc(Cl)ccc31)CO2. The van der Waals surface area contributed by atoms with Crippen LogP contribution in [0.15, 0.2) is 61.2 Å². The fourth-order valence-electron chi connectivity index (χ4n) is 6.72. The number of hydrogen-bond acceptors (Lipinski definition) is 5. The largest absolute Gasteiger partial charge is 0.490 e. The van der Waals surface area contributed by atoms with E-state index in [0.29, 0.717) is 36.8 Å². The smallest absolute Gasteiger partial charge is 0.264 e.